The lowest BCUT2D eigenvalue weighted by Gasteiger charge is -2.34. The highest BCUT2D eigenvalue weighted by atomic mass is 35.5. The summed E-state index contributed by atoms with van der Waals surface area (Å²) in [4.78, 5) is 17.4. The molecule has 0 saturated heterocycles. The van der Waals surface area contributed by atoms with Gasteiger partial charge >= 0.3 is 0 Å². The number of ketones is 1. The fourth-order valence-corrected chi connectivity index (χ4v) is 3.44. The number of halogens is 1. The average Bonchev–Trinajstić information content (AvgIpc) is 2.50. The van der Waals surface area contributed by atoms with E-state index in [0.29, 0.717) is 5.15 Å². The Balaban J connectivity index is 2.07. The van der Waals surface area contributed by atoms with Crippen LogP contribution >= 0.6 is 11.6 Å². The largest absolute Gasteiger partial charge is 0.497 e. The van der Waals surface area contributed by atoms with Gasteiger partial charge in [-0.2, -0.15) is 0 Å². The summed E-state index contributed by atoms with van der Waals surface area (Å²) in [6.07, 6.45) is 1.49. The summed E-state index contributed by atoms with van der Waals surface area (Å²) in [6.45, 7) is 3.93. The maximum Gasteiger partial charge on any atom is 0.175 e. The van der Waals surface area contributed by atoms with Crippen LogP contribution in [0.3, 0.4) is 0 Å². The van der Waals surface area contributed by atoms with Crippen molar-refractivity contribution in [3.05, 3.63) is 57.9 Å². The second-order valence-electron chi connectivity index (χ2n) is 5.97. The predicted molar refractivity (Wildman–Crippen MR) is 87.0 cm³/mol. The van der Waals surface area contributed by atoms with Gasteiger partial charge in [0.1, 0.15) is 10.9 Å². The van der Waals surface area contributed by atoms with Gasteiger partial charge in [-0.3, -0.25) is 4.79 Å². The molecule has 0 N–H and O–H groups in total. The molecule has 22 heavy (non-hydrogen) atoms. The van der Waals surface area contributed by atoms with Crippen LogP contribution in [0.1, 0.15) is 40.5 Å². The monoisotopic (exact) mass is 315 g/mol. The quantitative estimate of drug-likeness (QED) is 0.782. The molecule has 1 aliphatic rings. The van der Waals surface area contributed by atoms with Crippen molar-refractivity contribution in [2.45, 2.75) is 32.1 Å². The third-order valence-electron chi connectivity index (χ3n) is 4.58. The number of Topliss-reactive ketones (excluding diaryl/α,β-unsaturated/α-hetero) is 1. The van der Waals surface area contributed by atoms with Gasteiger partial charge in [0.05, 0.1) is 18.2 Å². The van der Waals surface area contributed by atoms with E-state index in [2.05, 4.69) is 4.98 Å². The van der Waals surface area contributed by atoms with Gasteiger partial charge in [0.2, 0.25) is 0 Å². The summed E-state index contributed by atoms with van der Waals surface area (Å²) in [5, 5.41) is 0.456. The number of aryl methyl sites for hydroxylation is 2. The number of hydrogen-bond donors (Lipinski definition) is 0. The van der Waals surface area contributed by atoms with E-state index < -0.39 is 5.41 Å². The van der Waals surface area contributed by atoms with E-state index in [1.165, 1.54) is 0 Å². The topological polar surface area (TPSA) is 39.2 Å². The maximum atomic E-state index is 13.1. The second kappa shape index (κ2) is 5.40. The zero-order valence-corrected chi connectivity index (χ0v) is 13.7. The number of rotatable bonds is 2. The van der Waals surface area contributed by atoms with Gasteiger partial charge in [0, 0.05) is 5.56 Å². The summed E-state index contributed by atoms with van der Waals surface area (Å²) >= 11 is 6.01. The van der Waals surface area contributed by atoms with Crippen molar-refractivity contribution in [3.8, 4) is 5.75 Å². The van der Waals surface area contributed by atoms with E-state index in [9.17, 15) is 4.79 Å². The number of nitrogens with zero attached hydrogens (tertiary/aromatic N) is 1. The van der Waals surface area contributed by atoms with Crippen LogP contribution in [-0.4, -0.2) is 17.9 Å². The van der Waals surface area contributed by atoms with E-state index >= 15 is 0 Å². The Labute approximate surface area is 135 Å². The normalized spacial score (nSPS) is 20.6. The van der Waals surface area contributed by atoms with Crippen molar-refractivity contribution in [1.82, 2.24) is 4.98 Å². The zero-order chi connectivity index (χ0) is 15.9. The highest BCUT2D eigenvalue weighted by molar-refractivity contribution is 6.29. The summed E-state index contributed by atoms with van der Waals surface area (Å²) in [7, 11) is 1.64. The minimum Gasteiger partial charge on any atom is -0.497 e. The molecule has 3 nitrogen and oxygen atoms in total. The number of fused-ring (bicyclic) bond motifs is 1. The summed E-state index contributed by atoms with van der Waals surface area (Å²) in [5.41, 5.74) is 2.94. The smallest absolute Gasteiger partial charge is 0.175 e. The van der Waals surface area contributed by atoms with Gasteiger partial charge in [-0.25, -0.2) is 4.98 Å². The summed E-state index contributed by atoms with van der Waals surface area (Å²) in [5.74, 6) is 0.918. The molecule has 2 aromatic rings. The van der Waals surface area contributed by atoms with Gasteiger partial charge in [-0.05, 0) is 56.0 Å². The van der Waals surface area contributed by atoms with Crippen LogP contribution in [-0.2, 0) is 11.8 Å². The Morgan fingerprint density at radius 2 is 1.95 bits per heavy atom. The Morgan fingerprint density at radius 1 is 1.27 bits per heavy atom. The molecule has 0 aliphatic heterocycles. The Bertz CT molecular complexity index is 739. The SMILES string of the molecule is COc1ccc(C2(C)CCc3nc(Cl)cc(C)c3C2=O)cc1. The lowest BCUT2D eigenvalue weighted by Crippen LogP contribution is -2.38. The lowest BCUT2D eigenvalue weighted by molar-refractivity contribution is 0.0873. The number of pyridine rings is 1. The third-order valence-corrected chi connectivity index (χ3v) is 4.77. The van der Waals surface area contributed by atoms with Crippen LogP contribution in [0.4, 0.5) is 0 Å². The molecule has 1 unspecified atom stereocenters. The first-order chi connectivity index (χ1) is 10.5. The number of ether oxygens (including phenoxy) is 1. The minimum atomic E-state index is -0.528. The highest BCUT2D eigenvalue weighted by Gasteiger charge is 2.41. The predicted octanol–water partition coefficient (Wildman–Crippen LogP) is 4.14. The number of aromatic nitrogens is 1. The van der Waals surface area contributed by atoms with E-state index in [0.717, 1.165) is 41.0 Å². The molecule has 0 amide bonds. The Kier molecular flexibility index (Phi) is 3.69. The highest BCUT2D eigenvalue weighted by Crippen LogP contribution is 2.39. The standard InChI is InChI=1S/C18H18ClNO2/c1-11-10-15(19)20-14-8-9-18(2,17(21)16(11)14)12-4-6-13(22-3)7-5-12/h4-7,10H,8-9H2,1-3H3. The van der Waals surface area contributed by atoms with Crippen LogP contribution in [0, 0.1) is 6.92 Å². The van der Waals surface area contributed by atoms with Crippen LogP contribution in [0.2, 0.25) is 5.15 Å². The van der Waals surface area contributed by atoms with Crippen molar-refractivity contribution >= 4 is 17.4 Å². The first kappa shape index (κ1) is 15.0. The van der Waals surface area contributed by atoms with Crippen LogP contribution in [0.5, 0.6) is 5.75 Å². The van der Waals surface area contributed by atoms with Crippen molar-refractivity contribution in [3.63, 3.8) is 0 Å². The lowest BCUT2D eigenvalue weighted by atomic mass is 9.68. The fraction of sp³-hybridized carbons (Fsp3) is 0.333. The molecule has 3 rings (SSSR count). The van der Waals surface area contributed by atoms with Gasteiger partial charge in [-0.1, -0.05) is 23.7 Å². The zero-order valence-electron chi connectivity index (χ0n) is 12.9. The molecule has 1 atom stereocenters. The Hall–Kier alpha value is -1.87. The fourth-order valence-electron chi connectivity index (χ4n) is 3.18. The van der Waals surface area contributed by atoms with Crippen LogP contribution < -0.4 is 4.74 Å². The van der Waals surface area contributed by atoms with Gasteiger partial charge in [0.25, 0.3) is 0 Å². The number of benzene rings is 1. The summed E-state index contributed by atoms with van der Waals surface area (Å²) < 4.78 is 5.20. The van der Waals surface area contributed by atoms with Crippen LogP contribution in [0.15, 0.2) is 30.3 Å². The van der Waals surface area contributed by atoms with Gasteiger partial charge in [0.15, 0.2) is 5.78 Å². The minimum absolute atomic E-state index is 0.126. The first-order valence-corrected chi connectivity index (χ1v) is 7.69. The molecule has 1 aliphatic carbocycles. The van der Waals surface area contributed by atoms with E-state index in [1.54, 1.807) is 13.2 Å². The number of methoxy groups -OCH3 is 1. The first-order valence-electron chi connectivity index (χ1n) is 7.31. The molecule has 114 valence electrons. The van der Waals surface area contributed by atoms with Crippen molar-refractivity contribution in [2.24, 2.45) is 0 Å². The average molecular weight is 316 g/mol. The molecular formula is C18H18ClNO2. The van der Waals surface area contributed by atoms with Crippen molar-refractivity contribution in [1.29, 1.82) is 0 Å². The van der Waals surface area contributed by atoms with Gasteiger partial charge in [-0.15, -0.1) is 0 Å². The van der Waals surface area contributed by atoms with E-state index in [-0.39, 0.29) is 5.78 Å². The molecule has 1 aromatic carbocycles. The molecule has 0 fully saturated rings. The third kappa shape index (κ3) is 2.30. The molecular weight excluding hydrogens is 298 g/mol. The Morgan fingerprint density at radius 3 is 2.59 bits per heavy atom. The van der Waals surface area contributed by atoms with Crippen molar-refractivity contribution in [2.75, 3.05) is 7.11 Å². The van der Waals surface area contributed by atoms with E-state index in [4.69, 9.17) is 16.3 Å². The molecule has 0 spiro atoms. The molecule has 4 heteroatoms. The summed E-state index contributed by atoms with van der Waals surface area (Å²) in [6, 6.07) is 9.51. The molecule has 0 bridgehead atoms. The molecule has 0 saturated carbocycles. The number of hydrogen-bond acceptors (Lipinski definition) is 3. The molecule has 1 aromatic heterocycles. The second-order valence-corrected chi connectivity index (χ2v) is 6.36. The molecule has 1 heterocycles. The number of carbonyl (C=O) groups excluding carboxylic acids is 1. The van der Waals surface area contributed by atoms with Gasteiger partial charge < -0.3 is 4.74 Å². The number of carbonyl (C=O) groups is 1. The maximum absolute atomic E-state index is 13.1. The molecule has 0 radical (unpaired) electrons. The van der Waals surface area contributed by atoms with Crippen LogP contribution in [0.25, 0.3) is 0 Å². The van der Waals surface area contributed by atoms with E-state index in [1.807, 2.05) is 38.1 Å². The van der Waals surface area contributed by atoms with Crippen molar-refractivity contribution < 1.29 is 9.53 Å².